The van der Waals surface area contributed by atoms with Gasteiger partial charge in [-0.2, -0.15) is 0 Å². The van der Waals surface area contributed by atoms with Gasteiger partial charge in [-0.05, 0) is 43.9 Å². The highest BCUT2D eigenvalue weighted by Gasteiger charge is 2.10. The molecule has 1 rings (SSSR count). The summed E-state index contributed by atoms with van der Waals surface area (Å²) in [6.07, 6.45) is 1.01. The Bertz CT molecular complexity index is 332. The minimum absolute atomic E-state index is 0.434. The highest BCUT2D eigenvalue weighted by atomic mass is 14.9. The molecule has 3 N–H and O–H groups in total. The van der Waals surface area contributed by atoms with Gasteiger partial charge >= 0.3 is 0 Å². The van der Waals surface area contributed by atoms with Gasteiger partial charge in [0.15, 0.2) is 0 Å². The second kappa shape index (κ2) is 5.90. The zero-order valence-corrected chi connectivity index (χ0v) is 10.9. The average Bonchev–Trinajstić information content (AvgIpc) is 2.21. The minimum Gasteiger partial charge on any atom is -0.382 e. The minimum atomic E-state index is 0.434. The van der Waals surface area contributed by atoms with E-state index >= 15 is 0 Å². The van der Waals surface area contributed by atoms with Gasteiger partial charge in [-0.1, -0.05) is 32.0 Å². The number of aryl methyl sites for hydroxylation is 1. The molecule has 0 saturated carbocycles. The van der Waals surface area contributed by atoms with Crippen LogP contribution >= 0.6 is 0 Å². The van der Waals surface area contributed by atoms with E-state index in [1.165, 1.54) is 16.8 Å². The van der Waals surface area contributed by atoms with Crippen molar-refractivity contribution in [1.82, 2.24) is 0 Å². The highest BCUT2D eigenvalue weighted by molar-refractivity contribution is 5.58. The van der Waals surface area contributed by atoms with Crippen molar-refractivity contribution in [2.24, 2.45) is 5.73 Å². The van der Waals surface area contributed by atoms with E-state index in [9.17, 15) is 0 Å². The van der Waals surface area contributed by atoms with E-state index < -0.39 is 0 Å². The number of benzene rings is 1. The molecule has 1 aromatic rings. The Kier molecular flexibility index (Phi) is 4.81. The van der Waals surface area contributed by atoms with Gasteiger partial charge in [-0.25, -0.2) is 0 Å². The monoisotopic (exact) mass is 220 g/mol. The lowest BCUT2D eigenvalue weighted by Gasteiger charge is -2.21. The van der Waals surface area contributed by atoms with Gasteiger partial charge in [0.05, 0.1) is 0 Å². The summed E-state index contributed by atoms with van der Waals surface area (Å²) >= 11 is 0. The molecule has 0 aliphatic rings. The molecule has 0 amide bonds. The molecule has 90 valence electrons. The van der Waals surface area contributed by atoms with Gasteiger partial charge in [0.2, 0.25) is 0 Å². The van der Waals surface area contributed by atoms with Crippen LogP contribution in [0.15, 0.2) is 18.2 Å². The molecule has 2 nitrogen and oxygen atoms in total. The molecule has 0 fully saturated rings. The second-order valence-corrected chi connectivity index (χ2v) is 4.82. The first-order valence-corrected chi connectivity index (χ1v) is 6.12. The standard InChI is InChI=1S/C14H24N2/c1-10(2)13-7-5-6-11(3)14(13)16-12(4)8-9-15/h5-7,10,12,16H,8-9,15H2,1-4H3. The first-order valence-electron chi connectivity index (χ1n) is 6.12. The molecule has 0 aliphatic carbocycles. The van der Waals surface area contributed by atoms with Crippen LogP contribution in [0.3, 0.4) is 0 Å². The van der Waals surface area contributed by atoms with Gasteiger partial charge in [-0.3, -0.25) is 0 Å². The van der Waals surface area contributed by atoms with Crippen LogP contribution in [0.4, 0.5) is 5.69 Å². The molecule has 0 saturated heterocycles. The molecule has 0 aromatic heterocycles. The zero-order chi connectivity index (χ0) is 12.1. The van der Waals surface area contributed by atoms with Gasteiger partial charge < -0.3 is 11.1 Å². The van der Waals surface area contributed by atoms with E-state index in [0.29, 0.717) is 12.0 Å². The van der Waals surface area contributed by atoms with Crippen molar-refractivity contribution in [3.8, 4) is 0 Å². The van der Waals surface area contributed by atoms with Crippen LogP contribution < -0.4 is 11.1 Å². The smallest absolute Gasteiger partial charge is 0.0407 e. The van der Waals surface area contributed by atoms with Crippen molar-refractivity contribution in [3.63, 3.8) is 0 Å². The SMILES string of the molecule is Cc1cccc(C(C)C)c1NC(C)CCN. The zero-order valence-electron chi connectivity index (χ0n) is 10.9. The molecule has 0 radical (unpaired) electrons. The van der Waals surface area contributed by atoms with E-state index in [4.69, 9.17) is 5.73 Å². The fraction of sp³-hybridized carbons (Fsp3) is 0.571. The normalized spacial score (nSPS) is 12.9. The van der Waals surface area contributed by atoms with E-state index in [0.717, 1.165) is 13.0 Å². The Labute approximate surface area is 99.2 Å². The summed E-state index contributed by atoms with van der Waals surface area (Å²) in [6.45, 7) is 9.53. The van der Waals surface area contributed by atoms with Crippen LogP contribution in [0.1, 0.15) is 44.2 Å². The maximum absolute atomic E-state index is 5.58. The third-order valence-corrected chi connectivity index (χ3v) is 2.92. The summed E-state index contributed by atoms with van der Waals surface area (Å²) < 4.78 is 0. The fourth-order valence-electron chi connectivity index (χ4n) is 1.94. The first kappa shape index (κ1) is 13.0. The molecule has 0 heterocycles. The Morgan fingerprint density at radius 1 is 1.25 bits per heavy atom. The van der Waals surface area contributed by atoms with Crippen molar-refractivity contribution < 1.29 is 0 Å². The maximum atomic E-state index is 5.58. The van der Waals surface area contributed by atoms with E-state index in [-0.39, 0.29) is 0 Å². The number of nitrogens with two attached hydrogens (primary N) is 1. The lowest BCUT2D eigenvalue weighted by molar-refractivity contribution is 0.712. The highest BCUT2D eigenvalue weighted by Crippen LogP contribution is 2.28. The maximum Gasteiger partial charge on any atom is 0.0407 e. The third-order valence-electron chi connectivity index (χ3n) is 2.92. The molecule has 1 unspecified atom stereocenters. The Hall–Kier alpha value is -1.02. The van der Waals surface area contributed by atoms with Crippen LogP contribution in [-0.2, 0) is 0 Å². The quantitative estimate of drug-likeness (QED) is 0.799. The van der Waals surface area contributed by atoms with Crippen LogP contribution in [0.5, 0.6) is 0 Å². The topological polar surface area (TPSA) is 38.0 Å². The summed E-state index contributed by atoms with van der Waals surface area (Å²) in [4.78, 5) is 0. The first-order chi connectivity index (χ1) is 7.56. The predicted octanol–water partition coefficient (Wildman–Crippen LogP) is 3.27. The van der Waals surface area contributed by atoms with Crippen molar-refractivity contribution in [2.75, 3.05) is 11.9 Å². The van der Waals surface area contributed by atoms with Crippen molar-refractivity contribution in [2.45, 2.75) is 46.1 Å². The lowest BCUT2D eigenvalue weighted by atomic mass is 9.97. The number of nitrogens with one attached hydrogen (secondary N) is 1. The van der Waals surface area contributed by atoms with Crippen molar-refractivity contribution >= 4 is 5.69 Å². The van der Waals surface area contributed by atoms with Gasteiger partial charge in [0.1, 0.15) is 0 Å². The largest absolute Gasteiger partial charge is 0.382 e. The molecule has 0 aliphatic heterocycles. The number of para-hydroxylation sites is 1. The van der Waals surface area contributed by atoms with E-state index in [2.05, 4.69) is 51.2 Å². The van der Waals surface area contributed by atoms with E-state index in [1.807, 2.05) is 0 Å². The lowest BCUT2D eigenvalue weighted by Crippen LogP contribution is -2.21. The summed E-state index contributed by atoms with van der Waals surface area (Å²) in [6, 6.07) is 6.92. The summed E-state index contributed by atoms with van der Waals surface area (Å²) in [7, 11) is 0. The van der Waals surface area contributed by atoms with Crippen LogP contribution in [0.2, 0.25) is 0 Å². The molecule has 16 heavy (non-hydrogen) atoms. The molecule has 0 bridgehead atoms. The Morgan fingerprint density at radius 2 is 1.94 bits per heavy atom. The van der Waals surface area contributed by atoms with Gasteiger partial charge in [0, 0.05) is 11.7 Å². The number of anilines is 1. The van der Waals surface area contributed by atoms with Crippen LogP contribution in [-0.4, -0.2) is 12.6 Å². The predicted molar refractivity (Wildman–Crippen MR) is 72.0 cm³/mol. The molecule has 1 atom stereocenters. The summed E-state index contributed by atoms with van der Waals surface area (Å²) in [5.41, 5.74) is 9.58. The van der Waals surface area contributed by atoms with Crippen LogP contribution in [0, 0.1) is 6.92 Å². The van der Waals surface area contributed by atoms with Crippen LogP contribution in [0.25, 0.3) is 0 Å². The number of rotatable bonds is 5. The summed E-state index contributed by atoms with van der Waals surface area (Å²) in [5.74, 6) is 0.549. The van der Waals surface area contributed by atoms with Gasteiger partial charge in [0.25, 0.3) is 0 Å². The average molecular weight is 220 g/mol. The van der Waals surface area contributed by atoms with E-state index in [1.54, 1.807) is 0 Å². The third kappa shape index (κ3) is 3.24. The fourth-order valence-corrected chi connectivity index (χ4v) is 1.94. The van der Waals surface area contributed by atoms with Crippen molar-refractivity contribution in [3.05, 3.63) is 29.3 Å². The number of hydrogen-bond donors (Lipinski definition) is 2. The Morgan fingerprint density at radius 3 is 2.50 bits per heavy atom. The molecular weight excluding hydrogens is 196 g/mol. The molecule has 2 heteroatoms. The summed E-state index contributed by atoms with van der Waals surface area (Å²) in [5, 5.41) is 3.58. The number of hydrogen-bond acceptors (Lipinski definition) is 2. The van der Waals surface area contributed by atoms with Gasteiger partial charge in [-0.15, -0.1) is 0 Å². The molecule has 0 spiro atoms. The molecule has 1 aromatic carbocycles. The molecular formula is C14H24N2. The van der Waals surface area contributed by atoms with Crippen molar-refractivity contribution in [1.29, 1.82) is 0 Å². The Balaban J connectivity index is 2.92. The second-order valence-electron chi connectivity index (χ2n) is 4.82.